The molecule has 1 saturated carbocycles. The molecule has 1 unspecified atom stereocenters. The van der Waals surface area contributed by atoms with Gasteiger partial charge in [-0.25, -0.2) is 0 Å². The summed E-state index contributed by atoms with van der Waals surface area (Å²) in [5.74, 6) is -0.135. The summed E-state index contributed by atoms with van der Waals surface area (Å²) in [6.07, 6.45) is 7.95. The molecule has 0 radical (unpaired) electrons. The molecule has 7 nitrogen and oxygen atoms in total. The van der Waals surface area contributed by atoms with Crippen molar-refractivity contribution in [3.05, 3.63) is 71.8 Å². The quantitative estimate of drug-likeness (QED) is 0.0939. The van der Waals surface area contributed by atoms with Gasteiger partial charge in [0.1, 0.15) is 6.10 Å². The Kier molecular flexibility index (Phi) is 15.1. The number of rotatable bonds is 21. The number of benzene rings is 2. The molecule has 43 heavy (non-hydrogen) atoms. The second-order valence-electron chi connectivity index (χ2n) is 12.3. The minimum absolute atomic E-state index is 0.0581. The zero-order chi connectivity index (χ0) is 31.0. The Labute approximate surface area is 259 Å². The lowest BCUT2D eigenvalue weighted by molar-refractivity contribution is -0.231. The first-order chi connectivity index (χ1) is 20.8. The van der Waals surface area contributed by atoms with Crippen LogP contribution in [0.1, 0.15) is 96.1 Å². The summed E-state index contributed by atoms with van der Waals surface area (Å²) in [7, 11) is 2.09. The number of aliphatic hydroxyl groups is 1. The number of likely N-dealkylation sites (N-methyl/N-ethyl adjacent to an activating group) is 1. The highest BCUT2D eigenvalue weighted by molar-refractivity contribution is 5.69. The summed E-state index contributed by atoms with van der Waals surface area (Å²) in [5, 5.41) is 11.3. The Morgan fingerprint density at radius 2 is 1.58 bits per heavy atom. The highest BCUT2D eigenvalue weighted by Crippen LogP contribution is 2.41. The van der Waals surface area contributed by atoms with Crippen molar-refractivity contribution >= 4 is 5.97 Å². The van der Waals surface area contributed by atoms with Crippen LogP contribution in [0.3, 0.4) is 0 Å². The fourth-order valence-electron chi connectivity index (χ4n) is 5.84. The SMILES string of the molecule is CCCCCC(C)(O)CO[C@]1(N(C)CCCCCC(=O)OCC)C[C@H](OCc2ccccc2)C[C@@H]1OCc1ccccc1. The number of carbonyl (C=O) groups is 1. The molecule has 0 bridgehead atoms. The third kappa shape index (κ3) is 12.0. The molecule has 0 heterocycles. The average molecular weight is 598 g/mol. The molecular weight excluding hydrogens is 542 g/mol. The van der Waals surface area contributed by atoms with Gasteiger partial charge in [0.25, 0.3) is 0 Å². The predicted octanol–water partition coefficient (Wildman–Crippen LogP) is 7.05. The van der Waals surface area contributed by atoms with Crippen molar-refractivity contribution in [2.75, 3.05) is 26.8 Å². The van der Waals surface area contributed by atoms with E-state index < -0.39 is 11.3 Å². The molecule has 0 aliphatic heterocycles. The Bertz CT molecular complexity index is 1030. The van der Waals surface area contributed by atoms with Gasteiger partial charge in [-0.1, -0.05) is 93.3 Å². The van der Waals surface area contributed by atoms with Crippen molar-refractivity contribution in [3.63, 3.8) is 0 Å². The normalized spacial score (nSPS) is 21.6. The number of esters is 1. The van der Waals surface area contributed by atoms with Gasteiger partial charge in [0.2, 0.25) is 0 Å². The van der Waals surface area contributed by atoms with Gasteiger partial charge in [0, 0.05) is 25.8 Å². The summed E-state index contributed by atoms with van der Waals surface area (Å²) in [5.41, 5.74) is 0.552. The molecule has 0 saturated heterocycles. The van der Waals surface area contributed by atoms with E-state index in [4.69, 9.17) is 18.9 Å². The van der Waals surface area contributed by atoms with Crippen LogP contribution >= 0.6 is 0 Å². The zero-order valence-corrected chi connectivity index (χ0v) is 27.0. The van der Waals surface area contributed by atoms with Crippen molar-refractivity contribution in [1.82, 2.24) is 4.90 Å². The van der Waals surface area contributed by atoms with Gasteiger partial charge in [0.15, 0.2) is 5.72 Å². The van der Waals surface area contributed by atoms with Crippen LogP contribution in [0, 0.1) is 0 Å². The van der Waals surface area contributed by atoms with Crippen LogP contribution in [0.25, 0.3) is 0 Å². The van der Waals surface area contributed by atoms with Crippen molar-refractivity contribution in [2.45, 2.75) is 122 Å². The van der Waals surface area contributed by atoms with Gasteiger partial charge in [-0.3, -0.25) is 9.69 Å². The molecule has 0 amide bonds. The summed E-state index contributed by atoms with van der Waals surface area (Å²) >= 11 is 0. The van der Waals surface area contributed by atoms with Crippen LogP contribution < -0.4 is 0 Å². The van der Waals surface area contributed by atoms with E-state index in [1.165, 1.54) is 0 Å². The van der Waals surface area contributed by atoms with Crippen LogP contribution in [0.2, 0.25) is 0 Å². The Hall–Kier alpha value is -2.29. The maximum Gasteiger partial charge on any atom is 0.305 e. The van der Waals surface area contributed by atoms with Crippen molar-refractivity contribution in [2.24, 2.45) is 0 Å². The average Bonchev–Trinajstić information content (AvgIpc) is 3.37. The number of ether oxygens (including phenoxy) is 4. The third-order valence-corrected chi connectivity index (χ3v) is 8.40. The molecule has 7 heteroatoms. The standard InChI is InChI=1S/C36H55NO6/c1-5-7-16-23-35(3,39)29-43-36(37(4)24-17-10-15-22-34(38)40-6-2)26-32(41-27-30-18-11-8-12-19-30)25-33(36)42-28-31-20-13-9-14-21-31/h8-9,11-14,18-21,32-33,39H,5-7,10,15-17,22-29H2,1-4H3/t32-,33+,35?,36-/m1/s1. The van der Waals surface area contributed by atoms with Gasteiger partial charge in [-0.15, -0.1) is 0 Å². The van der Waals surface area contributed by atoms with Crippen LogP contribution in [0.15, 0.2) is 60.7 Å². The second kappa shape index (κ2) is 18.5. The van der Waals surface area contributed by atoms with Gasteiger partial charge < -0.3 is 24.1 Å². The van der Waals surface area contributed by atoms with Gasteiger partial charge in [-0.2, -0.15) is 0 Å². The monoisotopic (exact) mass is 597 g/mol. The number of nitrogens with zero attached hydrogens (tertiary/aromatic N) is 1. The van der Waals surface area contributed by atoms with Crippen molar-refractivity contribution in [3.8, 4) is 0 Å². The molecular formula is C36H55NO6. The highest BCUT2D eigenvalue weighted by Gasteiger charge is 2.53. The number of unbranched alkanes of at least 4 members (excludes halogenated alkanes) is 4. The summed E-state index contributed by atoms with van der Waals surface area (Å²) in [6, 6.07) is 20.5. The van der Waals surface area contributed by atoms with E-state index in [9.17, 15) is 9.90 Å². The van der Waals surface area contributed by atoms with E-state index >= 15 is 0 Å². The maximum atomic E-state index is 11.8. The summed E-state index contributed by atoms with van der Waals surface area (Å²) in [4.78, 5) is 14.1. The van der Waals surface area contributed by atoms with Crippen LogP contribution in [-0.2, 0) is 37.0 Å². The molecule has 2 aromatic carbocycles. The second-order valence-corrected chi connectivity index (χ2v) is 12.3. The predicted molar refractivity (Wildman–Crippen MR) is 170 cm³/mol. The molecule has 240 valence electrons. The first-order valence-corrected chi connectivity index (χ1v) is 16.3. The van der Waals surface area contributed by atoms with Gasteiger partial charge >= 0.3 is 5.97 Å². The number of hydrogen-bond donors (Lipinski definition) is 1. The fourth-order valence-corrected chi connectivity index (χ4v) is 5.84. The molecule has 1 N–H and O–H groups in total. The van der Waals surface area contributed by atoms with E-state index in [-0.39, 0.29) is 24.8 Å². The smallest absolute Gasteiger partial charge is 0.305 e. The van der Waals surface area contributed by atoms with E-state index in [1.54, 1.807) is 0 Å². The molecule has 1 aliphatic carbocycles. The molecule has 1 fully saturated rings. The van der Waals surface area contributed by atoms with E-state index in [0.717, 1.165) is 56.2 Å². The first-order valence-electron chi connectivity index (χ1n) is 16.3. The lowest BCUT2D eigenvalue weighted by Gasteiger charge is -2.44. The minimum atomic E-state index is -0.935. The lowest BCUT2D eigenvalue weighted by atomic mass is 9.98. The van der Waals surface area contributed by atoms with Crippen molar-refractivity contribution in [1.29, 1.82) is 0 Å². The Balaban J connectivity index is 1.76. The zero-order valence-electron chi connectivity index (χ0n) is 27.0. The molecule has 4 atom stereocenters. The van der Waals surface area contributed by atoms with Gasteiger partial charge in [0.05, 0.1) is 38.1 Å². The van der Waals surface area contributed by atoms with Crippen molar-refractivity contribution < 1.29 is 28.8 Å². The van der Waals surface area contributed by atoms with Gasteiger partial charge in [-0.05, 0) is 51.3 Å². The molecule has 1 aliphatic rings. The fraction of sp³-hybridized carbons (Fsp3) is 0.639. The largest absolute Gasteiger partial charge is 0.466 e. The minimum Gasteiger partial charge on any atom is -0.466 e. The summed E-state index contributed by atoms with van der Waals surface area (Å²) < 4.78 is 25.1. The van der Waals surface area contributed by atoms with E-state index in [2.05, 4.69) is 43.1 Å². The number of hydrogen-bond acceptors (Lipinski definition) is 7. The number of carbonyl (C=O) groups excluding carboxylic acids is 1. The maximum absolute atomic E-state index is 11.8. The molecule has 3 rings (SSSR count). The lowest BCUT2D eigenvalue weighted by Crippen LogP contribution is -2.57. The van der Waals surface area contributed by atoms with E-state index in [0.29, 0.717) is 45.5 Å². The highest BCUT2D eigenvalue weighted by atomic mass is 16.6. The molecule has 2 aromatic rings. The topological polar surface area (TPSA) is 77.5 Å². The summed E-state index contributed by atoms with van der Waals surface area (Å²) in [6.45, 7) is 8.30. The van der Waals surface area contributed by atoms with Crippen LogP contribution in [0.4, 0.5) is 0 Å². The van der Waals surface area contributed by atoms with E-state index in [1.807, 2.05) is 50.2 Å². The van der Waals surface area contributed by atoms with Crippen LogP contribution in [-0.4, -0.2) is 66.3 Å². The molecule has 0 aromatic heterocycles. The Morgan fingerprint density at radius 3 is 2.21 bits per heavy atom. The molecule has 0 spiro atoms. The third-order valence-electron chi connectivity index (χ3n) is 8.40. The van der Waals surface area contributed by atoms with Crippen LogP contribution in [0.5, 0.6) is 0 Å². The first kappa shape index (κ1) is 35.2. The Morgan fingerprint density at radius 1 is 0.930 bits per heavy atom.